The lowest BCUT2D eigenvalue weighted by atomic mass is 10.2. The number of anilines is 2. The summed E-state index contributed by atoms with van der Waals surface area (Å²) in [5.74, 6) is 1.94. The lowest BCUT2D eigenvalue weighted by Gasteiger charge is -2.37. The average molecular weight is 572 g/mol. The zero-order valence-electron chi connectivity index (χ0n) is 21.9. The van der Waals surface area contributed by atoms with Crippen LogP contribution >= 0.6 is 0 Å². The van der Waals surface area contributed by atoms with Gasteiger partial charge in [-0.15, -0.1) is 0 Å². The zero-order chi connectivity index (χ0) is 28.5. The van der Waals surface area contributed by atoms with Gasteiger partial charge in [0.1, 0.15) is 17.4 Å². The van der Waals surface area contributed by atoms with Crippen molar-refractivity contribution < 1.29 is 26.3 Å². The van der Waals surface area contributed by atoms with Crippen LogP contribution in [0.5, 0.6) is 5.75 Å². The number of hydrogen-bond donors (Lipinski definition) is 1. The van der Waals surface area contributed by atoms with Crippen LogP contribution in [-0.4, -0.2) is 60.9 Å². The highest BCUT2D eigenvalue weighted by Crippen LogP contribution is 2.32. The third kappa shape index (κ3) is 5.74. The molecule has 210 valence electrons. The van der Waals surface area contributed by atoms with E-state index in [-0.39, 0.29) is 24.0 Å². The predicted molar refractivity (Wildman–Crippen MR) is 146 cm³/mol. The van der Waals surface area contributed by atoms with Gasteiger partial charge in [-0.3, -0.25) is 4.90 Å². The molecule has 0 saturated carbocycles. The first-order chi connectivity index (χ1) is 19.1. The van der Waals surface area contributed by atoms with Gasteiger partial charge in [0.25, 0.3) is 0 Å². The third-order valence-electron chi connectivity index (χ3n) is 6.97. The number of hydrogen-bond acceptors (Lipinski definition) is 7. The largest absolute Gasteiger partial charge is 0.497 e. The van der Waals surface area contributed by atoms with E-state index in [1.165, 1.54) is 4.31 Å². The minimum atomic E-state index is -4.53. The van der Waals surface area contributed by atoms with Crippen molar-refractivity contribution in [2.45, 2.75) is 24.0 Å². The molecule has 4 aromatic rings. The van der Waals surface area contributed by atoms with Gasteiger partial charge in [-0.25, -0.2) is 18.4 Å². The molecule has 1 atom stereocenters. The van der Waals surface area contributed by atoms with Crippen molar-refractivity contribution in [2.75, 3.05) is 38.6 Å². The van der Waals surface area contributed by atoms with Gasteiger partial charge in [0, 0.05) is 43.3 Å². The van der Waals surface area contributed by atoms with E-state index in [0.29, 0.717) is 30.5 Å². The second kappa shape index (κ2) is 11.0. The minimum absolute atomic E-state index is 0.159. The van der Waals surface area contributed by atoms with Crippen LogP contribution in [0.25, 0.3) is 10.9 Å². The summed E-state index contributed by atoms with van der Waals surface area (Å²) in [4.78, 5) is 11.6. The Morgan fingerprint density at radius 1 is 0.925 bits per heavy atom. The van der Waals surface area contributed by atoms with E-state index < -0.39 is 21.8 Å². The molecule has 8 nitrogen and oxygen atoms in total. The normalized spacial score (nSPS) is 16.1. The molecular formula is C28H28F3N5O3S. The van der Waals surface area contributed by atoms with Crippen LogP contribution in [-0.2, 0) is 16.2 Å². The lowest BCUT2D eigenvalue weighted by Crippen LogP contribution is -2.49. The Kier molecular flexibility index (Phi) is 7.67. The van der Waals surface area contributed by atoms with Gasteiger partial charge >= 0.3 is 6.18 Å². The van der Waals surface area contributed by atoms with Crippen molar-refractivity contribution in [1.29, 1.82) is 0 Å². The molecular weight excluding hydrogens is 543 g/mol. The first-order valence-electron chi connectivity index (χ1n) is 12.7. The number of fused-ring (bicyclic) bond motifs is 1. The number of piperazine rings is 1. The Bertz CT molecular complexity index is 1610. The maximum atomic E-state index is 13.1. The molecule has 0 amide bonds. The van der Waals surface area contributed by atoms with Crippen LogP contribution < -0.4 is 10.1 Å². The summed E-state index contributed by atoms with van der Waals surface area (Å²) in [7, 11) is -2.32. The monoisotopic (exact) mass is 571 g/mol. The summed E-state index contributed by atoms with van der Waals surface area (Å²) in [6.07, 6.45) is -4.53. The zero-order valence-corrected chi connectivity index (χ0v) is 22.7. The van der Waals surface area contributed by atoms with E-state index in [1.807, 2.05) is 55.5 Å². The standard InChI is InChI=1S/C28H28F3N5O3S/c1-19(35-14-16-36(17-15-35)40(37,38)23-12-10-20(11-13-23)28(29,30)31)26-33-25-9-4-3-8-24(25)27(34-26)32-21-6-5-7-22(18-21)39-2/h3-13,18-19H,14-17H2,1-2H3,(H,32,33,34)/t19-/m1/s1. The Morgan fingerprint density at radius 2 is 1.62 bits per heavy atom. The Balaban J connectivity index is 1.33. The van der Waals surface area contributed by atoms with Gasteiger partial charge in [-0.2, -0.15) is 17.5 Å². The summed E-state index contributed by atoms with van der Waals surface area (Å²) < 4.78 is 71.5. The van der Waals surface area contributed by atoms with Crippen LogP contribution in [0.1, 0.15) is 24.4 Å². The maximum absolute atomic E-state index is 13.1. The predicted octanol–water partition coefficient (Wildman–Crippen LogP) is 5.47. The highest BCUT2D eigenvalue weighted by atomic mass is 32.2. The molecule has 1 N–H and O–H groups in total. The molecule has 12 heteroatoms. The topological polar surface area (TPSA) is 87.7 Å². The van der Waals surface area contributed by atoms with E-state index >= 15 is 0 Å². The Morgan fingerprint density at radius 3 is 2.30 bits per heavy atom. The van der Waals surface area contributed by atoms with Crippen molar-refractivity contribution in [1.82, 2.24) is 19.2 Å². The average Bonchev–Trinajstić information content (AvgIpc) is 2.96. The fourth-order valence-electron chi connectivity index (χ4n) is 4.67. The number of rotatable bonds is 7. The van der Waals surface area contributed by atoms with Crippen LogP contribution in [0.3, 0.4) is 0 Å². The first-order valence-corrected chi connectivity index (χ1v) is 14.1. The molecule has 2 heterocycles. The van der Waals surface area contributed by atoms with Gasteiger partial charge < -0.3 is 10.1 Å². The van der Waals surface area contributed by atoms with Crippen LogP contribution in [0.15, 0.2) is 77.7 Å². The number of para-hydroxylation sites is 1. The summed E-state index contributed by atoms with van der Waals surface area (Å²) in [6, 6.07) is 18.6. The number of nitrogens with zero attached hydrogens (tertiary/aromatic N) is 4. The summed E-state index contributed by atoms with van der Waals surface area (Å²) in [5, 5.41) is 4.23. The quantitative estimate of drug-likeness (QED) is 0.315. The van der Waals surface area contributed by atoms with Crippen molar-refractivity contribution in [3.8, 4) is 5.75 Å². The molecule has 1 aliphatic heterocycles. The highest BCUT2D eigenvalue weighted by molar-refractivity contribution is 7.89. The smallest absolute Gasteiger partial charge is 0.416 e. The molecule has 0 spiro atoms. The summed E-state index contributed by atoms with van der Waals surface area (Å²) >= 11 is 0. The summed E-state index contributed by atoms with van der Waals surface area (Å²) in [5.41, 5.74) is 0.692. The Labute approximate surface area is 230 Å². The number of nitrogens with one attached hydrogen (secondary N) is 1. The minimum Gasteiger partial charge on any atom is -0.497 e. The van der Waals surface area contributed by atoms with E-state index in [0.717, 1.165) is 40.9 Å². The molecule has 0 radical (unpaired) electrons. The number of sulfonamides is 1. The molecule has 1 aromatic heterocycles. The van der Waals surface area contributed by atoms with E-state index in [1.54, 1.807) is 7.11 Å². The van der Waals surface area contributed by atoms with Crippen molar-refractivity contribution >= 4 is 32.4 Å². The van der Waals surface area contributed by atoms with Crippen molar-refractivity contribution in [2.24, 2.45) is 0 Å². The second-order valence-electron chi connectivity index (χ2n) is 9.44. The van der Waals surface area contributed by atoms with Gasteiger partial charge in [0.2, 0.25) is 10.0 Å². The number of benzene rings is 3. The van der Waals surface area contributed by atoms with Crippen molar-refractivity contribution in [3.63, 3.8) is 0 Å². The number of alkyl halides is 3. The number of methoxy groups -OCH3 is 1. The fraction of sp³-hybridized carbons (Fsp3) is 0.286. The van der Waals surface area contributed by atoms with E-state index in [2.05, 4.69) is 10.2 Å². The second-order valence-corrected chi connectivity index (χ2v) is 11.4. The number of aromatic nitrogens is 2. The summed E-state index contributed by atoms with van der Waals surface area (Å²) in [6.45, 7) is 3.18. The molecule has 5 rings (SSSR count). The van der Waals surface area contributed by atoms with Crippen LogP contribution in [0.4, 0.5) is 24.7 Å². The van der Waals surface area contributed by atoms with Gasteiger partial charge in [0.05, 0.1) is 29.1 Å². The number of ether oxygens (including phenoxy) is 1. The number of halogens is 3. The third-order valence-corrected chi connectivity index (χ3v) is 8.88. The molecule has 0 unspecified atom stereocenters. The lowest BCUT2D eigenvalue weighted by molar-refractivity contribution is -0.137. The van der Waals surface area contributed by atoms with Gasteiger partial charge in [0.15, 0.2) is 0 Å². The Hall–Kier alpha value is -3.74. The van der Waals surface area contributed by atoms with Crippen LogP contribution in [0, 0.1) is 0 Å². The molecule has 0 bridgehead atoms. The van der Waals surface area contributed by atoms with Crippen LogP contribution in [0.2, 0.25) is 0 Å². The molecule has 0 aliphatic carbocycles. The molecule has 3 aromatic carbocycles. The van der Waals surface area contributed by atoms with Crippen molar-refractivity contribution in [3.05, 3.63) is 84.2 Å². The molecule has 1 aliphatic rings. The first kappa shape index (κ1) is 27.8. The van der Waals surface area contributed by atoms with E-state index in [9.17, 15) is 21.6 Å². The fourth-order valence-corrected chi connectivity index (χ4v) is 6.10. The molecule has 40 heavy (non-hydrogen) atoms. The molecule has 1 saturated heterocycles. The maximum Gasteiger partial charge on any atom is 0.416 e. The van der Waals surface area contributed by atoms with Gasteiger partial charge in [-0.1, -0.05) is 18.2 Å². The molecule has 1 fully saturated rings. The highest BCUT2D eigenvalue weighted by Gasteiger charge is 2.33. The van der Waals surface area contributed by atoms with E-state index in [4.69, 9.17) is 14.7 Å². The van der Waals surface area contributed by atoms with Gasteiger partial charge in [-0.05, 0) is 55.5 Å². The SMILES string of the molecule is COc1cccc(Nc2nc([C@@H](C)N3CCN(S(=O)(=O)c4ccc(C(F)(F)F)cc4)CC3)nc3ccccc23)c1.